The molecule has 1 aliphatic heterocycles. The second kappa shape index (κ2) is 5.67. The van der Waals surface area contributed by atoms with Crippen LogP contribution >= 0.6 is 11.8 Å². The minimum atomic E-state index is 0.408. The zero-order valence-corrected chi connectivity index (χ0v) is 13.3. The summed E-state index contributed by atoms with van der Waals surface area (Å²) in [6.07, 6.45) is 11.0. The maximum atomic E-state index is 5.08. The first kappa shape index (κ1) is 13.8. The van der Waals surface area contributed by atoms with Gasteiger partial charge in [0.2, 0.25) is 0 Å². The van der Waals surface area contributed by atoms with Gasteiger partial charge in [-0.05, 0) is 31.1 Å². The Bertz CT molecular complexity index is 347. The third kappa shape index (κ3) is 2.96. The summed E-state index contributed by atoms with van der Waals surface area (Å²) >= 11 is 1.98. The number of thioether (sulfide) groups is 1. The molecular formula is C16H28N2S. The number of nitrogens with one attached hydrogen (secondary N) is 1. The summed E-state index contributed by atoms with van der Waals surface area (Å²) in [5, 5.41) is 5.06. The molecule has 0 aromatic rings. The van der Waals surface area contributed by atoms with E-state index in [-0.39, 0.29) is 0 Å². The highest BCUT2D eigenvalue weighted by Crippen LogP contribution is 2.37. The summed E-state index contributed by atoms with van der Waals surface area (Å²) in [4.78, 5) is 5.08. The van der Waals surface area contributed by atoms with Gasteiger partial charge in [0.05, 0.1) is 6.04 Å². The Balaban J connectivity index is 1.65. The molecule has 0 aromatic heterocycles. The van der Waals surface area contributed by atoms with Crippen LogP contribution in [0.2, 0.25) is 0 Å². The van der Waals surface area contributed by atoms with Crippen molar-refractivity contribution in [3.8, 4) is 0 Å². The average Bonchev–Trinajstić information content (AvgIpc) is 2.79. The summed E-state index contributed by atoms with van der Waals surface area (Å²) in [7, 11) is 0. The first-order valence-corrected chi connectivity index (χ1v) is 9.16. The molecule has 3 fully saturated rings. The number of hydrogen-bond acceptors (Lipinski definition) is 2. The molecule has 19 heavy (non-hydrogen) atoms. The van der Waals surface area contributed by atoms with Gasteiger partial charge in [-0.3, -0.25) is 4.99 Å². The van der Waals surface area contributed by atoms with Crippen LogP contribution in [0.5, 0.6) is 0 Å². The molecule has 1 N–H and O–H groups in total. The average molecular weight is 280 g/mol. The van der Waals surface area contributed by atoms with Crippen molar-refractivity contribution in [2.75, 3.05) is 5.75 Å². The maximum absolute atomic E-state index is 5.08. The van der Waals surface area contributed by atoms with E-state index < -0.39 is 0 Å². The molecule has 3 atom stereocenters. The van der Waals surface area contributed by atoms with Crippen molar-refractivity contribution >= 4 is 16.9 Å². The Kier molecular flexibility index (Phi) is 4.11. The van der Waals surface area contributed by atoms with E-state index in [2.05, 4.69) is 19.2 Å². The van der Waals surface area contributed by atoms with Gasteiger partial charge in [-0.2, -0.15) is 0 Å². The molecule has 0 bridgehead atoms. The molecule has 2 saturated carbocycles. The highest BCUT2D eigenvalue weighted by molar-refractivity contribution is 8.14. The zero-order valence-electron chi connectivity index (χ0n) is 12.5. The van der Waals surface area contributed by atoms with Gasteiger partial charge in [0.15, 0.2) is 5.17 Å². The van der Waals surface area contributed by atoms with Crippen LogP contribution in [0.25, 0.3) is 0 Å². The van der Waals surface area contributed by atoms with Crippen LogP contribution in [0.4, 0.5) is 0 Å². The summed E-state index contributed by atoms with van der Waals surface area (Å²) in [6, 6.07) is 0.567. The molecule has 0 radical (unpaired) electrons. The number of hydrogen-bond donors (Lipinski definition) is 1. The lowest BCUT2D eigenvalue weighted by Gasteiger charge is -2.34. The highest BCUT2D eigenvalue weighted by atomic mass is 32.2. The van der Waals surface area contributed by atoms with Crippen LogP contribution in [-0.2, 0) is 0 Å². The molecule has 1 heterocycles. The van der Waals surface area contributed by atoms with Gasteiger partial charge < -0.3 is 5.32 Å². The first-order chi connectivity index (χ1) is 9.19. The van der Waals surface area contributed by atoms with Crippen molar-refractivity contribution < 1.29 is 0 Å². The largest absolute Gasteiger partial charge is 0.359 e. The number of aliphatic imine (C=N–C) groups is 1. The molecule has 3 aliphatic rings. The monoisotopic (exact) mass is 280 g/mol. The lowest BCUT2D eigenvalue weighted by molar-refractivity contribution is 0.240. The van der Waals surface area contributed by atoms with E-state index in [0.29, 0.717) is 11.6 Å². The second-order valence-electron chi connectivity index (χ2n) is 7.02. The van der Waals surface area contributed by atoms with E-state index >= 15 is 0 Å². The molecule has 3 heteroatoms. The zero-order chi connectivity index (χ0) is 13.3. The van der Waals surface area contributed by atoms with Crippen LogP contribution in [0, 0.1) is 11.8 Å². The predicted octanol–water partition coefficient (Wildman–Crippen LogP) is 4.21. The Hall–Kier alpha value is -0.180. The molecule has 2 nitrogen and oxygen atoms in total. The Morgan fingerprint density at radius 1 is 1.11 bits per heavy atom. The number of rotatable bonds is 1. The van der Waals surface area contributed by atoms with Crippen LogP contribution in [0.1, 0.15) is 65.2 Å². The SMILES string of the molecule is CC1CCCC(N=C2NC3(CCCCC3)CS2)C1C. The maximum Gasteiger partial charge on any atom is 0.157 e. The molecule has 108 valence electrons. The molecule has 2 aliphatic carbocycles. The Labute approximate surface area is 122 Å². The standard InChI is InChI=1S/C16H28N2S/c1-12-7-6-8-14(13(12)2)17-15-18-16(11-19-15)9-4-3-5-10-16/h12-14H,3-11H2,1-2H3,(H,17,18). The highest BCUT2D eigenvalue weighted by Gasteiger charge is 2.38. The fourth-order valence-corrected chi connectivity index (χ4v) is 5.23. The van der Waals surface area contributed by atoms with E-state index in [0.717, 1.165) is 11.8 Å². The third-order valence-electron chi connectivity index (χ3n) is 5.61. The number of nitrogens with zero attached hydrogens (tertiary/aromatic N) is 1. The Morgan fingerprint density at radius 2 is 1.89 bits per heavy atom. The smallest absolute Gasteiger partial charge is 0.157 e. The van der Waals surface area contributed by atoms with E-state index in [4.69, 9.17) is 4.99 Å². The summed E-state index contributed by atoms with van der Waals surface area (Å²) < 4.78 is 0. The topological polar surface area (TPSA) is 24.4 Å². The lowest BCUT2D eigenvalue weighted by atomic mass is 9.78. The quantitative estimate of drug-likeness (QED) is 0.778. The molecule has 1 spiro atoms. The van der Waals surface area contributed by atoms with Crippen molar-refractivity contribution in [3.63, 3.8) is 0 Å². The van der Waals surface area contributed by atoms with Crippen molar-refractivity contribution in [1.29, 1.82) is 0 Å². The van der Waals surface area contributed by atoms with Crippen molar-refractivity contribution in [2.24, 2.45) is 16.8 Å². The number of amidine groups is 1. The van der Waals surface area contributed by atoms with Gasteiger partial charge in [0.1, 0.15) is 0 Å². The van der Waals surface area contributed by atoms with Gasteiger partial charge in [-0.1, -0.05) is 57.7 Å². The molecule has 3 unspecified atom stereocenters. The fraction of sp³-hybridized carbons (Fsp3) is 0.938. The van der Waals surface area contributed by atoms with Crippen LogP contribution in [-0.4, -0.2) is 22.5 Å². The van der Waals surface area contributed by atoms with Crippen LogP contribution in [0.3, 0.4) is 0 Å². The fourth-order valence-electron chi connectivity index (χ4n) is 3.96. The predicted molar refractivity (Wildman–Crippen MR) is 84.8 cm³/mol. The van der Waals surface area contributed by atoms with E-state index in [1.54, 1.807) is 0 Å². The normalized spacial score (nSPS) is 40.5. The minimum Gasteiger partial charge on any atom is -0.359 e. The van der Waals surface area contributed by atoms with Crippen LogP contribution < -0.4 is 5.32 Å². The van der Waals surface area contributed by atoms with Crippen molar-refractivity contribution in [3.05, 3.63) is 0 Å². The van der Waals surface area contributed by atoms with Crippen LogP contribution in [0.15, 0.2) is 4.99 Å². The lowest BCUT2D eigenvalue weighted by Crippen LogP contribution is -2.45. The van der Waals surface area contributed by atoms with Gasteiger partial charge in [-0.25, -0.2) is 0 Å². The minimum absolute atomic E-state index is 0.408. The van der Waals surface area contributed by atoms with E-state index in [1.807, 2.05) is 11.8 Å². The third-order valence-corrected chi connectivity index (χ3v) is 6.79. The van der Waals surface area contributed by atoms with Gasteiger partial charge in [0, 0.05) is 11.3 Å². The summed E-state index contributed by atoms with van der Waals surface area (Å²) in [5.41, 5.74) is 0.408. The van der Waals surface area contributed by atoms with Crippen molar-refractivity contribution in [2.45, 2.75) is 76.8 Å². The van der Waals surface area contributed by atoms with Gasteiger partial charge >= 0.3 is 0 Å². The van der Waals surface area contributed by atoms with E-state index in [9.17, 15) is 0 Å². The summed E-state index contributed by atoms with van der Waals surface area (Å²) in [5.74, 6) is 2.85. The van der Waals surface area contributed by atoms with Crippen molar-refractivity contribution in [1.82, 2.24) is 5.32 Å². The second-order valence-corrected chi connectivity index (χ2v) is 7.99. The molecule has 3 rings (SSSR count). The van der Waals surface area contributed by atoms with Gasteiger partial charge in [0.25, 0.3) is 0 Å². The molecular weight excluding hydrogens is 252 g/mol. The molecule has 0 amide bonds. The van der Waals surface area contributed by atoms with E-state index in [1.165, 1.54) is 62.3 Å². The first-order valence-electron chi connectivity index (χ1n) is 8.17. The summed E-state index contributed by atoms with van der Waals surface area (Å²) in [6.45, 7) is 4.80. The molecule has 1 saturated heterocycles. The Morgan fingerprint density at radius 3 is 2.68 bits per heavy atom. The van der Waals surface area contributed by atoms with Gasteiger partial charge in [-0.15, -0.1) is 0 Å². The molecule has 0 aromatic carbocycles.